The van der Waals surface area contributed by atoms with Gasteiger partial charge < -0.3 is 20.1 Å². The molecule has 0 saturated carbocycles. The summed E-state index contributed by atoms with van der Waals surface area (Å²) in [6.45, 7) is 7.38. The van der Waals surface area contributed by atoms with Gasteiger partial charge in [-0.05, 0) is 45.2 Å². The van der Waals surface area contributed by atoms with E-state index in [-0.39, 0.29) is 5.60 Å². The molecule has 0 spiro atoms. The topological polar surface area (TPSA) is 54.9 Å². The first-order valence-corrected chi connectivity index (χ1v) is 8.39. The van der Waals surface area contributed by atoms with Crippen molar-refractivity contribution in [2.24, 2.45) is 4.99 Å². The van der Waals surface area contributed by atoms with Crippen LogP contribution >= 0.6 is 0 Å². The summed E-state index contributed by atoms with van der Waals surface area (Å²) in [5, 5.41) is 6.65. The van der Waals surface area contributed by atoms with Crippen LogP contribution in [0.4, 0.5) is 0 Å². The maximum Gasteiger partial charge on any atom is 0.191 e. The minimum absolute atomic E-state index is 0.0633. The Morgan fingerprint density at radius 1 is 1.30 bits per heavy atom. The van der Waals surface area contributed by atoms with Crippen LogP contribution in [0.3, 0.4) is 0 Å². The summed E-state index contributed by atoms with van der Waals surface area (Å²) in [6, 6.07) is 8.13. The molecule has 5 nitrogen and oxygen atoms in total. The quantitative estimate of drug-likeness (QED) is 0.461. The maximum absolute atomic E-state index is 5.77. The van der Waals surface area contributed by atoms with Crippen LogP contribution in [0.1, 0.15) is 31.7 Å². The number of benzene rings is 1. The van der Waals surface area contributed by atoms with Crippen LogP contribution in [0.25, 0.3) is 0 Å². The number of hydrogen-bond donors (Lipinski definition) is 2. The predicted octanol–water partition coefficient (Wildman–Crippen LogP) is 2.50. The minimum Gasteiger partial charge on any atom is -0.494 e. The molecule has 0 aromatic heterocycles. The second-order valence-electron chi connectivity index (χ2n) is 6.27. The van der Waals surface area contributed by atoms with E-state index in [1.54, 1.807) is 7.05 Å². The standard InChI is InChI=1S/C18H29N3O2/c1-15-6-8-16(9-7-15)22-12-5-11-20-17(19-3)21-14-18(2)10-4-13-23-18/h6-9H,4-5,10-14H2,1-3H3,(H2,19,20,21). The van der Waals surface area contributed by atoms with Crippen LogP contribution < -0.4 is 15.4 Å². The van der Waals surface area contributed by atoms with Crippen molar-refractivity contribution in [3.05, 3.63) is 29.8 Å². The van der Waals surface area contributed by atoms with Crippen molar-refractivity contribution in [2.75, 3.05) is 33.4 Å². The zero-order valence-electron chi connectivity index (χ0n) is 14.5. The van der Waals surface area contributed by atoms with Gasteiger partial charge in [-0.2, -0.15) is 0 Å². The molecule has 0 aliphatic carbocycles. The van der Waals surface area contributed by atoms with E-state index >= 15 is 0 Å². The minimum atomic E-state index is -0.0633. The van der Waals surface area contributed by atoms with E-state index in [1.807, 2.05) is 12.1 Å². The number of ether oxygens (including phenoxy) is 2. The van der Waals surface area contributed by atoms with E-state index in [0.717, 1.165) is 50.7 Å². The Kier molecular flexibility index (Phi) is 6.71. The van der Waals surface area contributed by atoms with E-state index in [4.69, 9.17) is 9.47 Å². The summed E-state index contributed by atoms with van der Waals surface area (Å²) in [7, 11) is 1.79. The average Bonchev–Trinajstić information content (AvgIpc) is 2.99. The van der Waals surface area contributed by atoms with Gasteiger partial charge >= 0.3 is 0 Å². The molecule has 0 bridgehead atoms. The van der Waals surface area contributed by atoms with Gasteiger partial charge in [-0.25, -0.2) is 0 Å². The SMILES string of the molecule is CN=C(NCCCOc1ccc(C)cc1)NCC1(C)CCCO1. The fourth-order valence-corrected chi connectivity index (χ4v) is 2.57. The van der Waals surface area contributed by atoms with Gasteiger partial charge in [-0.1, -0.05) is 17.7 Å². The number of nitrogens with zero attached hydrogens (tertiary/aromatic N) is 1. The molecule has 1 aliphatic heterocycles. The lowest BCUT2D eigenvalue weighted by Gasteiger charge is -2.24. The Balaban J connectivity index is 1.59. The van der Waals surface area contributed by atoms with E-state index in [0.29, 0.717) is 6.61 Å². The highest BCUT2D eigenvalue weighted by Crippen LogP contribution is 2.23. The highest BCUT2D eigenvalue weighted by Gasteiger charge is 2.29. The third-order valence-electron chi connectivity index (χ3n) is 4.06. The molecule has 0 radical (unpaired) electrons. The summed E-state index contributed by atoms with van der Waals surface area (Å²) in [5.41, 5.74) is 1.18. The molecule has 1 unspecified atom stereocenters. The molecule has 5 heteroatoms. The van der Waals surface area contributed by atoms with Gasteiger partial charge in [-0.3, -0.25) is 4.99 Å². The molecule has 0 amide bonds. The Bertz CT molecular complexity index is 493. The smallest absolute Gasteiger partial charge is 0.191 e. The lowest BCUT2D eigenvalue weighted by molar-refractivity contribution is 0.0243. The van der Waals surface area contributed by atoms with Crippen molar-refractivity contribution in [3.63, 3.8) is 0 Å². The second-order valence-corrected chi connectivity index (χ2v) is 6.27. The van der Waals surface area contributed by atoms with E-state index in [9.17, 15) is 0 Å². The fourth-order valence-electron chi connectivity index (χ4n) is 2.57. The van der Waals surface area contributed by atoms with Crippen molar-refractivity contribution in [1.82, 2.24) is 10.6 Å². The van der Waals surface area contributed by atoms with Gasteiger partial charge in [0.1, 0.15) is 5.75 Å². The summed E-state index contributed by atoms with van der Waals surface area (Å²) >= 11 is 0. The van der Waals surface area contributed by atoms with Crippen LogP contribution in [-0.2, 0) is 4.74 Å². The lowest BCUT2D eigenvalue weighted by Crippen LogP contribution is -2.45. The molecule has 1 heterocycles. The Morgan fingerprint density at radius 2 is 2.09 bits per heavy atom. The molecule has 1 saturated heterocycles. The normalized spacial score (nSPS) is 21.3. The highest BCUT2D eigenvalue weighted by molar-refractivity contribution is 5.79. The number of nitrogens with one attached hydrogen (secondary N) is 2. The molecule has 1 aromatic rings. The van der Waals surface area contributed by atoms with Gasteiger partial charge in [0.15, 0.2) is 5.96 Å². The Morgan fingerprint density at radius 3 is 2.74 bits per heavy atom. The van der Waals surface area contributed by atoms with Crippen LogP contribution in [0.5, 0.6) is 5.75 Å². The average molecular weight is 319 g/mol. The molecular formula is C18H29N3O2. The third-order valence-corrected chi connectivity index (χ3v) is 4.06. The van der Waals surface area contributed by atoms with Gasteiger partial charge in [-0.15, -0.1) is 0 Å². The number of guanidine groups is 1. The molecule has 1 fully saturated rings. The number of rotatable bonds is 7. The van der Waals surface area contributed by atoms with Gasteiger partial charge in [0.05, 0.1) is 12.2 Å². The van der Waals surface area contributed by atoms with Crippen molar-refractivity contribution in [3.8, 4) is 5.75 Å². The molecule has 2 N–H and O–H groups in total. The van der Waals surface area contributed by atoms with Crippen molar-refractivity contribution < 1.29 is 9.47 Å². The van der Waals surface area contributed by atoms with Crippen molar-refractivity contribution in [2.45, 2.75) is 38.7 Å². The van der Waals surface area contributed by atoms with Crippen molar-refractivity contribution in [1.29, 1.82) is 0 Å². The molecule has 1 aromatic carbocycles. The Labute approximate surface area is 139 Å². The second kappa shape index (κ2) is 8.77. The first-order chi connectivity index (χ1) is 11.1. The van der Waals surface area contributed by atoms with E-state index < -0.39 is 0 Å². The fraction of sp³-hybridized carbons (Fsp3) is 0.611. The molecule has 1 aliphatic rings. The predicted molar refractivity (Wildman–Crippen MR) is 94.2 cm³/mol. The summed E-state index contributed by atoms with van der Waals surface area (Å²) in [5.74, 6) is 1.74. The number of aliphatic imine (C=N–C) groups is 1. The van der Waals surface area contributed by atoms with Gasteiger partial charge in [0.2, 0.25) is 0 Å². The molecular weight excluding hydrogens is 290 g/mol. The summed E-state index contributed by atoms with van der Waals surface area (Å²) in [4.78, 5) is 4.24. The largest absolute Gasteiger partial charge is 0.494 e. The maximum atomic E-state index is 5.77. The van der Waals surface area contributed by atoms with E-state index in [1.165, 1.54) is 5.56 Å². The third kappa shape index (κ3) is 6.10. The first-order valence-electron chi connectivity index (χ1n) is 8.39. The van der Waals surface area contributed by atoms with E-state index in [2.05, 4.69) is 41.6 Å². The van der Waals surface area contributed by atoms with Crippen LogP contribution in [-0.4, -0.2) is 44.9 Å². The van der Waals surface area contributed by atoms with Crippen molar-refractivity contribution >= 4 is 5.96 Å². The van der Waals surface area contributed by atoms with Crippen LogP contribution in [0.15, 0.2) is 29.3 Å². The molecule has 2 rings (SSSR count). The van der Waals surface area contributed by atoms with Crippen LogP contribution in [0, 0.1) is 6.92 Å². The zero-order valence-corrected chi connectivity index (χ0v) is 14.5. The summed E-state index contributed by atoms with van der Waals surface area (Å²) in [6.07, 6.45) is 3.16. The number of aryl methyl sites for hydroxylation is 1. The number of hydrogen-bond acceptors (Lipinski definition) is 3. The molecule has 1 atom stereocenters. The van der Waals surface area contributed by atoms with Gasteiger partial charge in [0, 0.05) is 26.7 Å². The monoisotopic (exact) mass is 319 g/mol. The van der Waals surface area contributed by atoms with Gasteiger partial charge in [0.25, 0.3) is 0 Å². The Hall–Kier alpha value is -1.75. The highest BCUT2D eigenvalue weighted by atomic mass is 16.5. The molecule has 23 heavy (non-hydrogen) atoms. The van der Waals surface area contributed by atoms with Crippen LogP contribution in [0.2, 0.25) is 0 Å². The first kappa shape index (κ1) is 17.6. The zero-order chi connectivity index (χ0) is 16.5. The lowest BCUT2D eigenvalue weighted by atomic mass is 10.0. The summed E-state index contributed by atoms with van der Waals surface area (Å²) < 4.78 is 11.5. The molecule has 128 valence electrons.